The predicted molar refractivity (Wildman–Crippen MR) is 59.8 cm³/mol. The zero-order valence-corrected chi connectivity index (χ0v) is 9.71. The number of rotatable bonds is 7. The molecule has 0 fully saturated rings. The standard InChI is InChI=1S/C11H26N2/c1-5-11(6-2)9-13(7-3)10(4)8-12/h10-11H,5-9,12H2,1-4H3. The van der Waals surface area contributed by atoms with Gasteiger partial charge in [-0.25, -0.2) is 0 Å². The van der Waals surface area contributed by atoms with Crippen LogP contribution in [-0.4, -0.2) is 30.6 Å². The topological polar surface area (TPSA) is 29.3 Å². The van der Waals surface area contributed by atoms with Crippen LogP contribution < -0.4 is 5.73 Å². The Labute approximate surface area is 83.5 Å². The smallest absolute Gasteiger partial charge is 0.0190 e. The average molecular weight is 186 g/mol. The maximum Gasteiger partial charge on any atom is 0.0190 e. The largest absolute Gasteiger partial charge is 0.329 e. The molecule has 0 aromatic carbocycles. The SMILES string of the molecule is CCC(CC)CN(CC)C(C)CN. The first-order chi connectivity index (χ1) is 6.19. The minimum Gasteiger partial charge on any atom is -0.329 e. The molecule has 80 valence electrons. The summed E-state index contributed by atoms with van der Waals surface area (Å²) in [5.74, 6) is 0.842. The molecule has 1 atom stereocenters. The van der Waals surface area contributed by atoms with Crippen LogP contribution in [-0.2, 0) is 0 Å². The highest BCUT2D eigenvalue weighted by atomic mass is 15.2. The number of hydrogen-bond acceptors (Lipinski definition) is 2. The van der Waals surface area contributed by atoms with Crippen LogP contribution in [0.15, 0.2) is 0 Å². The van der Waals surface area contributed by atoms with Crippen molar-refractivity contribution in [1.82, 2.24) is 4.90 Å². The summed E-state index contributed by atoms with van der Waals surface area (Å²) >= 11 is 0. The molecule has 0 spiro atoms. The predicted octanol–water partition coefficient (Wildman–Crippen LogP) is 2.09. The maximum absolute atomic E-state index is 5.67. The molecule has 0 saturated carbocycles. The van der Waals surface area contributed by atoms with Gasteiger partial charge in [-0.3, -0.25) is 4.90 Å². The van der Waals surface area contributed by atoms with Gasteiger partial charge in [0.05, 0.1) is 0 Å². The molecule has 0 heterocycles. The molecule has 2 heteroatoms. The van der Waals surface area contributed by atoms with E-state index in [-0.39, 0.29) is 0 Å². The van der Waals surface area contributed by atoms with E-state index in [1.165, 1.54) is 19.4 Å². The maximum atomic E-state index is 5.67. The second-order valence-corrected chi connectivity index (χ2v) is 3.85. The lowest BCUT2D eigenvalue weighted by Crippen LogP contribution is -2.41. The molecule has 13 heavy (non-hydrogen) atoms. The molecule has 0 aliphatic rings. The number of hydrogen-bond donors (Lipinski definition) is 1. The van der Waals surface area contributed by atoms with Crippen LogP contribution in [0.3, 0.4) is 0 Å². The molecule has 0 radical (unpaired) electrons. The summed E-state index contributed by atoms with van der Waals surface area (Å²) < 4.78 is 0. The minimum absolute atomic E-state index is 0.533. The van der Waals surface area contributed by atoms with E-state index in [0.717, 1.165) is 19.0 Å². The molecule has 0 aromatic rings. The van der Waals surface area contributed by atoms with E-state index in [1.54, 1.807) is 0 Å². The second-order valence-electron chi connectivity index (χ2n) is 3.85. The van der Waals surface area contributed by atoms with Crippen molar-refractivity contribution in [2.75, 3.05) is 19.6 Å². The first-order valence-corrected chi connectivity index (χ1v) is 5.63. The normalized spacial score (nSPS) is 14.1. The third-order valence-corrected chi connectivity index (χ3v) is 3.02. The van der Waals surface area contributed by atoms with E-state index in [0.29, 0.717) is 6.04 Å². The summed E-state index contributed by atoms with van der Waals surface area (Å²) in [5.41, 5.74) is 5.67. The lowest BCUT2D eigenvalue weighted by atomic mass is 10.0. The van der Waals surface area contributed by atoms with Crippen LogP contribution in [0, 0.1) is 5.92 Å². The summed E-state index contributed by atoms with van der Waals surface area (Å²) in [6.07, 6.45) is 2.56. The fourth-order valence-corrected chi connectivity index (χ4v) is 1.65. The molecule has 0 bridgehead atoms. The fourth-order valence-electron chi connectivity index (χ4n) is 1.65. The molecule has 0 rings (SSSR count). The summed E-state index contributed by atoms with van der Waals surface area (Å²) in [5, 5.41) is 0. The van der Waals surface area contributed by atoms with Crippen molar-refractivity contribution >= 4 is 0 Å². The van der Waals surface area contributed by atoms with Gasteiger partial charge in [0.2, 0.25) is 0 Å². The summed E-state index contributed by atoms with van der Waals surface area (Å²) in [6, 6.07) is 0.533. The van der Waals surface area contributed by atoms with Gasteiger partial charge >= 0.3 is 0 Å². The Bertz CT molecular complexity index is 111. The van der Waals surface area contributed by atoms with E-state index >= 15 is 0 Å². The van der Waals surface area contributed by atoms with Crippen molar-refractivity contribution in [2.45, 2.75) is 46.6 Å². The Morgan fingerprint density at radius 3 is 2.00 bits per heavy atom. The first-order valence-electron chi connectivity index (χ1n) is 5.63. The number of nitrogens with two attached hydrogens (primary N) is 1. The van der Waals surface area contributed by atoms with Gasteiger partial charge < -0.3 is 5.73 Å². The van der Waals surface area contributed by atoms with Gasteiger partial charge in [0.15, 0.2) is 0 Å². The Morgan fingerprint density at radius 1 is 1.15 bits per heavy atom. The lowest BCUT2D eigenvalue weighted by molar-refractivity contribution is 0.184. The van der Waals surface area contributed by atoms with Gasteiger partial charge in [-0.2, -0.15) is 0 Å². The summed E-state index contributed by atoms with van der Waals surface area (Å²) in [4.78, 5) is 2.48. The molecule has 2 N–H and O–H groups in total. The van der Waals surface area contributed by atoms with Crippen LogP contribution in [0.1, 0.15) is 40.5 Å². The monoisotopic (exact) mass is 186 g/mol. The van der Waals surface area contributed by atoms with Gasteiger partial charge in [-0.05, 0) is 19.4 Å². The Kier molecular flexibility index (Phi) is 7.29. The Morgan fingerprint density at radius 2 is 1.69 bits per heavy atom. The quantitative estimate of drug-likeness (QED) is 0.659. The number of likely N-dealkylation sites (N-methyl/N-ethyl adjacent to an activating group) is 1. The molecule has 0 aromatic heterocycles. The van der Waals surface area contributed by atoms with Crippen LogP contribution in [0.2, 0.25) is 0 Å². The highest BCUT2D eigenvalue weighted by molar-refractivity contribution is 4.69. The summed E-state index contributed by atoms with van der Waals surface area (Å²) in [6.45, 7) is 12.1. The van der Waals surface area contributed by atoms with Crippen molar-refractivity contribution < 1.29 is 0 Å². The highest BCUT2D eigenvalue weighted by Gasteiger charge is 2.13. The molecular weight excluding hydrogens is 160 g/mol. The fraction of sp³-hybridized carbons (Fsp3) is 1.00. The van der Waals surface area contributed by atoms with Gasteiger partial charge in [0, 0.05) is 19.1 Å². The molecule has 1 unspecified atom stereocenters. The van der Waals surface area contributed by atoms with Crippen molar-refractivity contribution in [3.8, 4) is 0 Å². The molecular formula is C11H26N2. The van der Waals surface area contributed by atoms with Crippen LogP contribution >= 0.6 is 0 Å². The van der Waals surface area contributed by atoms with E-state index in [2.05, 4.69) is 32.6 Å². The highest BCUT2D eigenvalue weighted by Crippen LogP contribution is 2.11. The third kappa shape index (κ3) is 4.63. The zero-order chi connectivity index (χ0) is 10.3. The molecule has 0 aliphatic heterocycles. The Hall–Kier alpha value is -0.0800. The molecule has 2 nitrogen and oxygen atoms in total. The van der Waals surface area contributed by atoms with E-state index in [1.807, 2.05) is 0 Å². The summed E-state index contributed by atoms with van der Waals surface area (Å²) in [7, 11) is 0. The zero-order valence-electron chi connectivity index (χ0n) is 9.71. The lowest BCUT2D eigenvalue weighted by Gasteiger charge is -2.30. The van der Waals surface area contributed by atoms with Crippen molar-refractivity contribution in [1.29, 1.82) is 0 Å². The number of nitrogens with zero attached hydrogens (tertiary/aromatic N) is 1. The second kappa shape index (κ2) is 7.34. The van der Waals surface area contributed by atoms with Gasteiger partial charge in [-0.1, -0.05) is 33.6 Å². The van der Waals surface area contributed by atoms with Crippen LogP contribution in [0.5, 0.6) is 0 Å². The van der Waals surface area contributed by atoms with Crippen molar-refractivity contribution in [3.63, 3.8) is 0 Å². The molecule has 0 saturated heterocycles. The average Bonchev–Trinajstić information content (AvgIpc) is 2.19. The van der Waals surface area contributed by atoms with E-state index in [9.17, 15) is 0 Å². The molecule has 0 amide bonds. The van der Waals surface area contributed by atoms with Gasteiger partial charge in [0.25, 0.3) is 0 Å². The van der Waals surface area contributed by atoms with Crippen molar-refractivity contribution in [3.05, 3.63) is 0 Å². The first kappa shape index (κ1) is 12.9. The van der Waals surface area contributed by atoms with Gasteiger partial charge in [-0.15, -0.1) is 0 Å². The van der Waals surface area contributed by atoms with Crippen molar-refractivity contribution in [2.24, 2.45) is 11.7 Å². The van der Waals surface area contributed by atoms with E-state index in [4.69, 9.17) is 5.73 Å². The van der Waals surface area contributed by atoms with Crippen LogP contribution in [0.4, 0.5) is 0 Å². The molecule has 0 aliphatic carbocycles. The van der Waals surface area contributed by atoms with E-state index < -0.39 is 0 Å². The van der Waals surface area contributed by atoms with Crippen LogP contribution in [0.25, 0.3) is 0 Å². The van der Waals surface area contributed by atoms with Gasteiger partial charge in [0.1, 0.15) is 0 Å². The third-order valence-electron chi connectivity index (χ3n) is 3.02. The minimum atomic E-state index is 0.533. The Balaban J connectivity index is 3.94.